The van der Waals surface area contributed by atoms with Gasteiger partial charge in [0.15, 0.2) is 0 Å². The molecular weight excluding hydrogens is 304 g/mol. The molecule has 0 aliphatic carbocycles. The number of allylic oxidation sites excluding steroid dienone is 1. The first kappa shape index (κ1) is 23.1. The lowest BCUT2D eigenvalue weighted by atomic mass is 10.0. The average Bonchev–Trinajstić information content (AvgIpc) is 2.58. The zero-order chi connectivity index (χ0) is 18.0. The Balaban J connectivity index is 3.30. The van der Waals surface area contributed by atoms with Crippen molar-refractivity contribution in [1.82, 2.24) is 0 Å². The first-order valence-corrected chi connectivity index (χ1v) is 9.72. The topological polar surface area (TPSA) is 66.8 Å². The Bertz CT molecular complexity index is 304. The molecule has 0 heterocycles. The van der Waals surface area contributed by atoms with E-state index in [4.69, 9.17) is 4.74 Å². The predicted octanol–water partition coefficient (Wildman–Crippen LogP) is 4.53. The maximum absolute atomic E-state index is 11.4. The molecule has 4 heteroatoms. The summed E-state index contributed by atoms with van der Waals surface area (Å²) in [7, 11) is 0. The molecule has 0 saturated carbocycles. The number of rotatable bonds is 17. The van der Waals surface area contributed by atoms with E-state index in [1.807, 2.05) is 13.0 Å². The Kier molecular flexibility index (Phi) is 16.4. The fraction of sp³-hybridized carbons (Fsp3) is 0.850. The molecule has 0 aliphatic rings. The summed E-state index contributed by atoms with van der Waals surface area (Å²) in [4.78, 5) is 11.4. The first-order valence-electron chi connectivity index (χ1n) is 9.72. The van der Waals surface area contributed by atoms with Crippen LogP contribution in [0.1, 0.15) is 90.4 Å². The summed E-state index contributed by atoms with van der Waals surface area (Å²) in [5, 5.41) is 19.2. The number of hydrogen-bond acceptors (Lipinski definition) is 4. The Morgan fingerprint density at radius 1 is 0.958 bits per heavy atom. The van der Waals surface area contributed by atoms with Gasteiger partial charge >= 0.3 is 5.97 Å². The van der Waals surface area contributed by atoms with E-state index >= 15 is 0 Å². The maximum Gasteiger partial charge on any atom is 0.305 e. The summed E-state index contributed by atoms with van der Waals surface area (Å²) in [5.74, 6) is -0.206. The van der Waals surface area contributed by atoms with E-state index in [1.54, 1.807) is 0 Å². The summed E-state index contributed by atoms with van der Waals surface area (Å²) < 4.78 is 4.99. The largest absolute Gasteiger partial charge is 0.463 e. The van der Waals surface area contributed by atoms with Crippen molar-refractivity contribution < 1.29 is 19.7 Å². The van der Waals surface area contributed by atoms with E-state index < -0.39 is 6.10 Å². The molecule has 0 fully saturated rings. The fourth-order valence-electron chi connectivity index (χ4n) is 2.55. The van der Waals surface area contributed by atoms with Gasteiger partial charge in [0.05, 0.1) is 12.2 Å². The number of carbonyl (C=O) groups is 1. The number of esters is 1. The highest BCUT2D eigenvalue weighted by molar-refractivity contribution is 5.69. The third-order valence-corrected chi connectivity index (χ3v) is 4.27. The highest BCUT2D eigenvalue weighted by Crippen LogP contribution is 2.13. The zero-order valence-corrected chi connectivity index (χ0v) is 15.5. The van der Waals surface area contributed by atoms with E-state index in [0.717, 1.165) is 70.6 Å². The number of aliphatic hydroxyl groups is 2. The van der Waals surface area contributed by atoms with E-state index in [0.29, 0.717) is 12.8 Å². The third-order valence-electron chi connectivity index (χ3n) is 4.27. The second kappa shape index (κ2) is 17.0. The molecule has 142 valence electrons. The quantitative estimate of drug-likeness (QED) is 0.231. The van der Waals surface area contributed by atoms with Gasteiger partial charge in [-0.15, -0.1) is 6.58 Å². The van der Waals surface area contributed by atoms with Gasteiger partial charge in [0.2, 0.25) is 0 Å². The molecule has 0 spiro atoms. The van der Waals surface area contributed by atoms with E-state index in [1.165, 1.54) is 0 Å². The molecule has 0 amide bonds. The van der Waals surface area contributed by atoms with Crippen LogP contribution in [0.15, 0.2) is 12.7 Å². The third kappa shape index (κ3) is 16.0. The van der Waals surface area contributed by atoms with Crippen molar-refractivity contribution in [3.8, 4) is 0 Å². The minimum Gasteiger partial charge on any atom is -0.463 e. The molecule has 0 saturated heterocycles. The van der Waals surface area contributed by atoms with Crippen LogP contribution in [-0.2, 0) is 9.53 Å². The molecular formula is C20H38O4. The van der Waals surface area contributed by atoms with Crippen LogP contribution in [0.2, 0.25) is 0 Å². The minimum absolute atomic E-state index is 0.116. The second-order valence-corrected chi connectivity index (χ2v) is 6.63. The highest BCUT2D eigenvalue weighted by atomic mass is 16.5. The van der Waals surface area contributed by atoms with Crippen LogP contribution in [0.25, 0.3) is 0 Å². The minimum atomic E-state index is -0.536. The van der Waals surface area contributed by atoms with Gasteiger partial charge in [0.1, 0.15) is 6.61 Å². The van der Waals surface area contributed by atoms with Crippen LogP contribution in [0, 0.1) is 0 Å². The summed E-state index contributed by atoms with van der Waals surface area (Å²) in [6, 6.07) is 0. The SMILES string of the molecule is C=CCCCCC(O)CCCCCCCCC(=O)OCC(O)CC. The predicted molar refractivity (Wildman–Crippen MR) is 98.9 cm³/mol. The Hall–Kier alpha value is -0.870. The van der Waals surface area contributed by atoms with Gasteiger partial charge in [0.25, 0.3) is 0 Å². The summed E-state index contributed by atoms with van der Waals surface area (Å²) in [5.41, 5.74) is 0. The van der Waals surface area contributed by atoms with Gasteiger partial charge in [-0.25, -0.2) is 0 Å². The summed E-state index contributed by atoms with van der Waals surface area (Å²) in [6.45, 7) is 5.68. The van der Waals surface area contributed by atoms with Crippen LogP contribution in [0.4, 0.5) is 0 Å². The van der Waals surface area contributed by atoms with Crippen LogP contribution in [-0.4, -0.2) is 35.0 Å². The zero-order valence-electron chi connectivity index (χ0n) is 15.5. The van der Waals surface area contributed by atoms with Gasteiger partial charge in [-0.3, -0.25) is 4.79 Å². The van der Waals surface area contributed by atoms with Gasteiger partial charge < -0.3 is 14.9 Å². The smallest absolute Gasteiger partial charge is 0.305 e. The molecule has 0 aromatic rings. The van der Waals surface area contributed by atoms with Crippen molar-refractivity contribution in [3.63, 3.8) is 0 Å². The molecule has 0 rings (SSSR count). The van der Waals surface area contributed by atoms with Gasteiger partial charge in [-0.1, -0.05) is 51.5 Å². The lowest BCUT2D eigenvalue weighted by molar-refractivity contribution is -0.146. The molecule has 2 N–H and O–H groups in total. The number of hydrogen-bond donors (Lipinski definition) is 2. The Morgan fingerprint density at radius 3 is 2.17 bits per heavy atom. The highest BCUT2D eigenvalue weighted by Gasteiger charge is 2.07. The van der Waals surface area contributed by atoms with Crippen LogP contribution in [0.3, 0.4) is 0 Å². The normalized spacial score (nSPS) is 13.5. The van der Waals surface area contributed by atoms with Gasteiger partial charge in [-0.2, -0.15) is 0 Å². The second-order valence-electron chi connectivity index (χ2n) is 6.63. The van der Waals surface area contributed by atoms with Crippen molar-refractivity contribution in [2.45, 2.75) is 103 Å². The lowest BCUT2D eigenvalue weighted by Gasteiger charge is -2.10. The molecule has 0 aromatic carbocycles. The van der Waals surface area contributed by atoms with E-state index in [2.05, 4.69) is 6.58 Å². The molecule has 24 heavy (non-hydrogen) atoms. The van der Waals surface area contributed by atoms with Crippen molar-refractivity contribution in [1.29, 1.82) is 0 Å². The standard InChI is InChI=1S/C20H38O4/c1-3-5-6-11-14-19(22)15-12-9-7-8-10-13-16-20(23)24-17-18(21)4-2/h3,18-19,21-22H,1,4-17H2,2H3. The van der Waals surface area contributed by atoms with E-state index in [9.17, 15) is 15.0 Å². The fourth-order valence-corrected chi connectivity index (χ4v) is 2.55. The van der Waals surface area contributed by atoms with Crippen LogP contribution in [0.5, 0.6) is 0 Å². The maximum atomic E-state index is 11.4. The Labute approximate surface area is 148 Å². The Morgan fingerprint density at radius 2 is 1.54 bits per heavy atom. The molecule has 4 nitrogen and oxygen atoms in total. The van der Waals surface area contributed by atoms with Gasteiger partial charge in [0, 0.05) is 6.42 Å². The number of carbonyl (C=O) groups excluding carboxylic acids is 1. The summed E-state index contributed by atoms with van der Waals surface area (Å²) >= 11 is 0. The molecule has 0 bridgehead atoms. The van der Waals surface area contributed by atoms with Crippen LogP contribution < -0.4 is 0 Å². The number of ether oxygens (including phenoxy) is 1. The monoisotopic (exact) mass is 342 g/mol. The van der Waals surface area contributed by atoms with E-state index in [-0.39, 0.29) is 18.7 Å². The van der Waals surface area contributed by atoms with Crippen molar-refractivity contribution >= 4 is 5.97 Å². The molecule has 0 aliphatic heterocycles. The molecule has 2 atom stereocenters. The van der Waals surface area contributed by atoms with Crippen molar-refractivity contribution in [3.05, 3.63) is 12.7 Å². The lowest BCUT2D eigenvalue weighted by Crippen LogP contribution is -2.17. The summed E-state index contributed by atoms with van der Waals surface area (Å²) in [6.07, 6.45) is 13.8. The van der Waals surface area contributed by atoms with Gasteiger partial charge in [-0.05, 0) is 38.5 Å². The van der Waals surface area contributed by atoms with Crippen molar-refractivity contribution in [2.75, 3.05) is 6.61 Å². The molecule has 0 radical (unpaired) electrons. The van der Waals surface area contributed by atoms with Crippen molar-refractivity contribution in [2.24, 2.45) is 0 Å². The number of unbranched alkanes of at least 4 members (excludes halogenated alkanes) is 7. The number of aliphatic hydroxyl groups excluding tert-OH is 2. The van der Waals surface area contributed by atoms with Crippen LogP contribution >= 0.6 is 0 Å². The molecule has 2 unspecified atom stereocenters. The average molecular weight is 343 g/mol. The first-order chi connectivity index (χ1) is 11.6. The molecule has 0 aromatic heterocycles.